The van der Waals surface area contributed by atoms with E-state index in [4.69, 9.17) is 11.5 Å². The van der Waals surface area contributed by atoms with E-state index in [0.29, 0.717) is 5.56 Å². The molecule has 1 unspecified atom stereocenters. The van der Waals surface area contributed by atoms with Crippen LogP contribution in [-0.4, -0.2) is 38.0 Å². The SMILES string of the molecule is NC(=O)c1nsc(C(=O)N(Cc2ccccc2)C(C(=O)NC2CCCC2)c2ccc3ncccc3c2)c1N. The van der Waals surface area contributed by atoms with Crippen molar-refractivity contribution in [2.45, 2.75) is 44.3 Å². The molecule has 1 aliphatic carbocycles. The molecular formula is C28H28N6O3S. The highest BCUT2D eigenvalue weighted by Gasteiger charge is 2.36. The summed E-state index contributed by atoms with van der Waals surface area (Å²) in [6.45, 7) is 0.136. The van der Waals surface area contributed by atoms with E-state index in [1.165, 1.54) is 4.90 Å². The van der Waals surface area contributed by atoms with Crippen molar-refractivity contribution < 1.29 is 14.4 Å². The molecule has 1 atom stereocenters. The number of anilines is 1. The summed E-state index contributed by atoms with van der Waals surface area (Å²) < 4.78 is 4.01. The second-order valence-electron chi connectivity index (χ2n) is 9.40. The van der Waals surface area contributed by atoms with Gasteiger partial charge in [0.15, 0.2) is 5.69 Å². The zero-order valence-corrected chi connectivity index (χ0v) is 21.5. The fourth-order valence-electron chi connectivity index (χ4n) is 4.91. The molecule has 194 valence electrons. The number of pyridine rings is 1. The number of benzene rings is 2. The molecular weight excluding hydrogens is 500 g/mol. The van der Waals surface area contributed by atoms with Gasteiger partial charge in [0.1, 0.15) is 10.9 Å². The van der Waals surface area contributed by atoms with Crippen LogP contribution in [0.2, 0.25) is 0 Å². The summed E-state index contributed by atoms with van der Waals surface area (Å²) in [4.78, 5) is 45.8. The van der Waals surface area contributed by atoms with E-state index >= 15 is 0 Å². The van der Waals surface area contributed by atoms with Gasteiger partial charge in [-0.25, -0.2) is 0 Å². The molecule has 0 spiro atoms. The molecule has 0 bridgehead atoms. The predicted octanol–water partition coefficient (Wildman–Crippen LogP) is 3.81. The molecule has 2 aromatic carbocycles. The minimum atomic E-state index is -0.966. The van der Waals surface area contributed by atoms with Crippen molar-refractivity contribution in [1.29, 1.82) is 0 Å². The number of aromatic nitrogens is 2. The zero-order chi connectivity index (χ0) is 26.6. The molecule has 0 saturated heterocycles. The molecule has 0 radical (unpaired) electrons. The van der Waals surface area contributed by atoms with E-state index in [9.17, 15) is 14.4 Å². The maximum Gasteiger partial charge on any atom is 0.270 e. The van der Waals surface area contributed by atoms with Gasteiger partial charge in [0.05, 0.1) is 11.2 Å². The molecule has 1 aliphatic rings. The van der Waals surface area contributed by atoms with Crippen LogP contribution < -0.4 is 16.8 Å². The molecule has 38 heavy (non-hydrogen) atoms. The Labute approximate surface area is 224 Å². The number of nitrogens with one attached hydrogen (secondary N) is 1. The van der Waals surface area contributed by atoms with Crippen molar-refractivity contribution in [3.63, 3.8) is 0 Å². The highest BCUT2D eigenvalue weighted by molar-refractivity contribution is 7.09. The molecule has 3 amide bonds. The number of nitrogen functional groups attached to an aromatic ring is 1. The Morgan fingerprint density at radius 3 is 2.53 bits per heavy atom. The molecule has 0 aliphatic heterocycles. The molecule has 5 rings (SSSR count). The van der Waals surface area contributed by atoms with E-state index in [0.717, 1.165) is 53.7 Å². The van der Waals surface area contributed by atoms with Gasteiger partial charge in [-0.15, -0.1) is 0 Å². The molecule has 5 N–H and O–H groups in total. The van der Waals surface area contributed by atoms with E-state index in [1.807, 2.05) is 60.7 Å². The lowest BCUT2D eigenvalue weighted by Crippen LogP contribution is -2.45. The minimum absolute atomic E-state index is 0.0516. The fraction of sp³-hybridized carbons (Fsp3) is 0.250. The number of hydrogen-bond acceptors (Lipinski definition) is 7. The van der Waals surface area contributed by atoms with E-state index in [-0.39, 0.29) is 34.8 Å². The highest BCUT2D eigenvalue weighted by Crippen LogP contribution is 2.32. The van der Waals surface area contributed by atoms with Gasteiger partial charge in [-0.05, 0) is 53.7 Å². The largest absolute Gasteiger partial charge is 0.395 e. The summed E-state index contributed by atoms with van der Waals surface area (Å²) in [7, 11) is 0. The molecule has 1 fully saturated rings. The normalized spacial score (nSPS) is 14.3. The molecule has 10 heteroatoms. The van der Waals surface area contributed by atoms with Crippen molar-refractivity contribution in [3.8, 4) is 0 Å². The summed E-state index contributed by atoms with van der Waals surface area (Å²) >= 11 is 0.803. The number of primary amides is 1. The van der Waals surface area contributed by atoms with Gasteiger partial charge in [0.25, 0.3) is 11.8 Å². The molecule has 2 aromatic heterocycles. The Balaban J connectivity index is 1.62. The van der Waals surface area contributed by atoms with Gasteiger partial charge in [0, 0.05) is 24.2 Å². The maximum atomic E-state index is 14.1. The van der Waals surface area contributed by atoms with Gasteiger partial charge < -0.3 is 21.7 Å². The summed E-state index contributed by atoms with van der Waals surface area (Å²) in [6, 6.07) is 17.8. The van der Waals surface area contributed by atoms with Crippen molar-refractivity contribution in [2.75, 3.05) is 5.73 Å². The second-order valence-corrected chi connectivity index (χ2v) is 10.2. The fourth-order valence-corrected chi connectivity index (χ4v) is 5.67. The molecule has 4 aromatic rings. The van der Waals surface area contributed by atoms with Crippen LogP contribution in [0, 0.1) is 0 Å². The van der Waals surface area contributed by atoms with Gasteiger partial charge in [-0.1, -0.05) is 55.3 Å². The van der Waals surface area contributed by atoms with Crippen LogP contribution in [-0.2, 0) is 11.3 Å². The van der Waals surface area contributed by atoms with Crippen molar-refractivity contribution >= 4 is 45.8 Å². The number of nitrogens with two attached hydrogens (primary N) is 2. The zero-order valence-electron chi connectivity index (χ0n) is 20.7. The molecule has 2 heterocycles. The lowest BCUT2D eigenvalue weighted by Gasteiger charge is -2.32. The Hall–Kier alpha value is -4.31. The van der Waals surface area contributed by atoms with Crippen molar-refractivity contribution in [2.24, 2.45) is 5.73 Å². The van der Waals surface area contributed by atoms with Crippen LogP contribution in [0.3, 0.4) is 0 Å². The number of hydrogen-bond donors (Lipinski definition) is 3. The third-order valence-electron chi connectivity index (χ3n) is 6.82. The van der Waals surface area contributed by atoms with Crippen LogP contribution in [0.5, 0.6) is 0 Å². The highest BCUT2D eigenvalue weighted by atomic mass is 32.1. The van der Waals surface area contributed by atoms with Crippen LogP contribution in [0.1, 0.15) is 63.0 Å². The molecule has 1 saturated carbocycles. The topological polar surface area (TPSA) is 144 Å². The monoisotopic (exact) mass is 528 g/mol. The van der Waals surface area contributed by atoms with Crippen LogP contribution in [0.25, 0.3) is 10.9 Å². The summed E-state index contributed by atoms with van der Waals surface area (Å²) in [6.07, 6.45) is 5.61. The van der Waals surface area contributed by atoms with Crippen LogP contribution in [0.15, 0.2) is 66.9 Å². The first-order chi connectivity index (χ1) is 18.4. The van der Waals surface area contributed by atoms with Gasteiger partial charge in [-0.2, -0.15) is 4.37 Å². The standard InChI is InChI=1S/C28H28N6O3S/c29-22-23(26(30)35)33-38-25(22)28(37)34(16-17-7-2-1-3-8-17)24(27(36)32-20-10-4-5-11-20)19-12-13-21-18(15-19)9-6-14-31-21/h1-3,6-9,12-15,20,24H,4-5,10-11,16,29H2,(H2,30,35)(H,32,36). The Morgan fingerprint density at radius 1 is 1.05 bits per heavy atom. The summed E-state index contributed by atoms with van der Waals surface area (Å²) in [5.41, 5.74) is 13.6. The first kappa shape index (κ1) is 25.3. The summed E-state index contributed by atoms with van der Waals surface area (Å²) in [5, 5.41) is 4.02. The third kappa shape index (κ3) is 5.21. The number of rotatable bonds is 8. The number of carbonyl (C=O) groups is 3. The maximum absolute atomic E-state index is 14.1. The van der Waals surface area contributed by atoms with Crippen molar-refractivity contribution in [3.05, 3.63) is 88.6 Å². The molecule has 9 nitrogen and oxygen atoms in total. The first-order valence-electron chi connectivity index (χ1n) is 12.5. The van der Waals surface area contributed by atoms with Gasteiger partial charge in [-0.3, -0.25) is 19.4 Å². The smallest absolute Gasteiger partial charge is 0.270 e. The van der Waals surface area contributed by atoms with Gasteiger partial charge in [0.2, 0.25) is 5.91 Å². The van der Waals surface area contributed by atoms with Crippen molar-refractivity contribution in [1.82, 2.24) is 19.6 Å². The first-order valence-corrected chi connectivity index (χ1v) is 13.2. The Bertz CT molecular complexity index is 1480. The van der Waals surface area contributed by atoms with E-state index < -0.39 is 17.9 Å². The van der Waals surface area contributed by atoms with E-state index in [2.05, 4.69) is 14.7 Å². The number of nitrogens with zero attached hydrogens (tertiary/aromatic N) is 3. The Kier molecular flexibility index (Phi) is 7.32. The number of fused-ring (bicyclic) bond motifs is 1. The quantitative estimate of drug-likeness (QED) is 0.317. The summed E-state index contributed by atoms with van der Waals surface area (Å²) in [5.74, 6) is -1.60. The minimum Gasteiger partial charge on any atom is -0.395 e. The second kappa shape index (κ2) is 11.0. The van der Waals surface area contributed by atoms with Gasteiger partial charge >= 0.3 is 0 Å². The van der Waals surface area contributed by atoms with Crippen LogP contribution in [0.4, 0.5) is 5.69 Å². The third-order valence-corrected chi connectivity index (χ3v) is 7.67. The predicted molar refractivity (Wildman–Crippen MR) is 146 cm³/mol. The number of carbonyl (C=O) groups excluding carboxylic acids is 3. The lowest BCUT2D eigenvalue weighted by atomic mass is 10.00. The lowest BCUT2D eigenvalue weighted by molar-refractivity contribution is -0.126. The van der Waals surface area contributed by atoms with E-state index in [1.54, 1.807) is 6.20 Å². The number of amides is 3. The average molecular weight is 529 g/mol. The Morgan fingerprint density at radius 2 is 1.82 bits per heavy atom. The van der Waals surface area contributed by atoms with Crippen LogP contribution >= 0.6 is 11.5 Å². The average Bonchev–Trinajstić information content (AvgIpc) is 3.58.